The molecule has 0 aliphatic heterocycles. The van der Waals surface area contributed by atoms with E-state index in [0.29, 0.717) is 5.01 Å². The Morgan fingerprint density at radius 3 is 3.10 bits per heavy atom. The number of thiazole rings is 1. The summed E-state index contributed by atoms with van der Waals surface area (Å²) in [5.74, 6) is 0. The Kier molecular flexibility index (Phi) is 2.41. The first-order valence-electron chi connectivity index (χ1n) is 3.21. The number of aryl methyl sites for hydroxylation is 1. The lowest BCUT2D eigenvalue weighted by Gasteiger charge is -1.84. The van der Waals surface area contributed by atoms with E-state index in [4.69, 9.17) is 5.26 Å². The van der Waals surface area contributed by atoms with Crippen LogP contribution in [0, 0.1) is 11.3 Å². The smallest absolute Gasteiger partial charge is 0.194 e. The number of hydrogen-bond acceptors (Lipinski definition) is 3. The maximum atomic E-state index is 8.42. The quantitative estimate of drug-likeness (QED) is 0.649. The highest BCUT2D eigenvalue weighted by Gasteiger charge is 1.97. The molecule has 1 rings (SSSR count). The molecule has 0 unspecified atom stereocenters. The SMILES string of the molecule is CCCc1cnc(C#N)s1. The van der Waals surface area contributed by atoms with Gasteiger partial charge in [-0.15, -0.1) is 11.3 Å². The van der Waals surface area contributed by atoms with Crippen LogP contribution in [0.4, 0.5) is 0 Å². The van der Waals surface area contributed by atoms with Crippen LogP contribution in [0.2, 0.25) is 0 Å². The van der Waals surface area contributed by atoms with Gasteiger partial charge in [-0.05, 0) is 6.42 Å². The minimum atomic E-state index is 0.573. The zero-order chi connectivity index (χ0) is 7.40. The van der Waals surface area contributed by atoms with Crippen molar-refractivity contribution in [3.05, 3.63) is 16.1 Å². The standard InChI is InChI=1S/C7H8N2S/c1-2-3-6-5-9-7(4-8)10-6/h5H,2-3H2,1H3. The van der Waals surface area contributed by atoms with Crippen LogP contribution >= 0.6 is 11.3 Å². The topological polar surface area (TPSA) is 36.7 Å². The van der Waals surface area contributed by atoms with Crippen molar-refractivity contribution in [2.45, 2.75) is 19.8 Å². The second kappa shape index (κ2) is 3.33. The van der Waals surface area contributed by atoms with Gasteiger partial charge in [0.05, 0.1) is 0 Å². The van der Waals surface area contributed by atoms with Crippen molar-refractivity contribution in [3.8, 4) is 6.07 Å². The Hall–Kier alpha value is -0.880. The lowest BCUT2D eigenvalue weighted by Crippen LogP contribution is -1.72. The van der Waals surface area contributed by atoms with Crippen LogP contribution in [0.25, 0.3) is 0 Å². The largest absolute Gasteiger partial charge is 0.234 e. The maximum absolute atomic E-state index is 8.42. The van der Waals surface area contributed by atoms with Crippen molar-refractivity contribution >= 4 is 11.3 Å². The predicted molar refractivity (Wildman–Crippen MR) is 40.8 cm³/mol. The van der Waals surface area contributed by atoms with Crippen LogP contribution in [0.1, 0.15) is 23.2 Å². The van der Waals surface area contributed by atoms with Crippen molar-refractivity contribution in [1.82, 2.24) is 4.98 Å². The van der Waals surface area contributed by atoms with Gasteiger partial charge in [0, 0.05) is 11.1 Å². The van der Waals surface area contributed by atoms with Gasteiger partial charge in [-0.25, -0.2) is 4.98 Å². The predicted octanol–water partition coefficient (Wildman–Crippen LogP) is 1.97. The molecule has 0 aliphatic carbocycles. The Morgan fingerprint density at radius 2 is 2.60 bits per heavy atom. The van der Waals surface area contributed by atoms with Gasteiger partial charge in [0.15, 0.2) is 5.01 Å². The van der Waals surface area contributed by atoms with Gasteiger partial charge in [-0.2, -0.15) is 5.26 Å². The fourth-order valence-electron chi connectivity index (χ4n) is 0.721. The van der Waals surface area contributed by atoms with E-state index < -0.39 is 0 Å². The summed E-state index contributed by atoms with van der Waals surface area (Å²) in [5, 5.41) is 8.99. The average molecular weight is 152 g/mol. The molecule has 0 aliphatic rings. The molecule has 1 heterocycles. The van der Waals surface area contributed by atoms with Crippen LogP contribution in [0.5, 0.6) is 0 Å². The molecule has 0 atom stereocenters. The highest BCUT2D eigenvalue weighted by atomic mass is 32.1. The van der Waals surface area contributed by atoms with Crippen molar-refractivity contribution in [3.63, 3.8) is 0 Å². The molecule has 52 valence electrons. The van der Waals surface area contributed by atoms with Crippen LogP contribution in [-0.2, 0) is 6.42 Å². The minimum absolute atomic E-state index is 0.573. The highest BCUT2D eigenvalue weighted by molar-refractivity contribution is 7.12. The van der Waals surface area contributed by atoms with Crippen LogP contribution < -0.4 is 0 Å². The third-order valence-corrected chi connectivity index (χ3v) is 2.11. The second-order valence-electron chi connectivity index (χ2n) is 1.99. The molecule has 0 bridgehead atoms. The Labute approximate surface area is 64.1 Å². The van der Waals surface area contributed by atoms with E-state index in [0.717, 1.165) is 12.8 Å². The molecule has 0 amide bonds. The summed E-state index contributed by atoms with van der Waals surface area (Å²) in [7, 11) is 0. The molecule has 0 spiro atoms. The average Bonchev–Trinajstić information content (AvgIpc) is 2.37. The monoisotopic (exact) mass is 152 g/mol. The Balaban J connectivity index is 2.71. The zero-order valence-electron chi connectivity index (χ0n) is 5.79. The summed E-state index contributed by atoms with van der Waals surface area (Å²) in [5.41, 5.74) is 0. The first-order chi connectivity index (χ1) is 4.86. The Bertz CT molecular complexity index is 246. The summed E-state index contributed by atoms with van der Waals surface area (Å²) in [6.45, 7) is 2.12. The minimum Gasteiger partial charge on any atom is -0.234 e. The fourth-order valence-corrected chi connectivity index (χ4v) is 1.53. The highest BCUT2D eigenvalue weighted by Crippen LogP contribution is 2.12. The van der Waals surface area contributed by atoms with E-state index in [-0.39, 0.29) is 0 Å². The van der Waals surface area contributed by atoms with Crippen LogP contribution in [0.3, 0.4) is 0 Å². The number of rotatable bonds is 2. The molecule has 0 fully saturated rings. The molecular weight excluding hydrogens is 144 g/mol. The van der Waals surface area contributed by atoms with E-state index >= 15 is 0 Å². The van der Waals surface area contributed by atoms with Crippen molar-refractivity contribution in [1.29, 1.82) is 5.26 Å². The van der Waals surface area contributed by atoms with E-state index in [1.807, 2.05) is 6.07 Å². The molecular formula is C7H8N2S. The lowest BCUT2D eigenvalue weighted by atomic mass is 10.3. The zero-order valence-corrected chi connectivity index (χ0v) is 6.61. The fraction of sp³-hybridized carbons (Fsp3) is 0.429. The van der Waals surface area contributed by atoms with Gasteiger partial charge >= 0.3 is 0 Å². The van der Waals surface area contributed by atoms with Gasteiger partial charge in [-0.1, -0.05) is 13.3 Å². The molecule has 2 nitrogen and oxygen atoms in total. The number of nitrogens with zero attached hydrogens (tertiary/aromatic N) is 2. The summed E-state index contributed by atoms with van der Waals surface area (Å²) in [4.78, 5) is 5.12. The van der Waals surface area contributed by atoms with Crippen molar-refractivity contribution < 1.29 is 0 Å². The van der Waals surface area contributed by atoms with E-state index in [1.54, 1.807) is 6.20 Å². The first kappa shape index (κ1) is 7.23. The summed E-state index contributed by atoms with van der Waals surface area (Å²) in [6, 6.07) is 2.01. The summed E-state index contributed by atoms with van der Waals surface area (Å²) in [6.07, 6.45) is 3.94. The number of nitriles is 1. The number of aromatic nitrogens is 1. The van der Waals surface area contributed by atoms with E-state index in [9.17, 15) is 0 Å². The molecule has 10 heavy (non-hydrogen) atoms. The maximum Gasteiger partial charge on any atom is 0.194 e. The van der Waals surface area contributed by atoms with Gasteiger partial charge in [-0.3, -0.25) is 0 Å². The van der Waals surface area contributed by atoms with Gasteiger partial charge < -0.3 is 0 Å². The van der Waals surface area contributed by atoms with E-state index in [1.165, 1.54) is 16.2 Å². The van der Waals surface area contributed by atoms with Crippen molar-refractivity contribution in [2.75, 3.05) is 0 Å². The molecule has 1 aromatic heterocycles. The molecule has 3 heteroatoms. The number of hydrogen-bond donors (Lipinski definition) is 0. The molecule has 0 N–H and O–H groups in total. The third kappa shape index (κ3) is 1.55. The summed E-state index contributed by atoms with van der Waals surface area (Å²) >= 11 is 1.49. The normalized spacial score (nSPS) is 9.20. The molecule has 0 saturated carbocycles. The van der Waals surface area contributed by atoms with Gasteiger partial charge in [0.1, 0.15) is 6.07 Å². The second-order valence-corrected chi connectivity index (χ2v) is 3.11. The molecule has 0 saturated heterocycles. The Morgan fingerprint density at radius 1 is 1.80 bits per heavy atom. The molecule has 0 radical (unpaired) electrons. The molecule has 1 aromatic rings. The van der Waals surface area contributed by atoms with E-state index in [2.05, 4.69) is 11.9 Å². The van der Waals surface area contributed by atoms with Crippen molar-refractivity contribution in [2.24, 2.45) is 0 Å². The third-order valence-electron chi connectivity index (χ3n) is 1.15. The lowest BCUT2D eigenvalue weighted by molar-refractivity contribution is 0.936. The summed E-state index contributed by atoms with van der Waals surface area (Å²) < 4.78 is 0. The van der Waals surface area contributed by atoms with Crippen LogP contribution in [-0.4, -0.2) is 4.98 Å². The van der Waals surface area contributed by atoms with Gasteiger partial charge in [0.25, 0.3) is 0 Å². The molecule has 0 aromatic carbocycles. The van der Waals surface area contributed by atoms with Crippen LogP contribution in [0.15, 0.2) is 6.20 Å². The van der Waals surface area contributed by atoms with Gasteiger partial charge in [0.2, 0.25) is 0 Å². The first-order valence-corrected chi connectivity index (χ1v) is 4.03.